The van der Waals surface area contributed by atoms with Gasteiger partial charge in [0, 0.05) is 22.9 Å². The monoisotopic (exact) mass is 607 g/mol. The van der Waals surface area contributed by atoms with Crippen LogP contribution in [0.5, 0.6) is 0 Å². The summed E-state index contributed by atoms with van der Waals surface area (Å²) in [5.74, 6) is -4.45. The second-order valence-corrected chi connectivity index (χ2v) is 13.1. The third-order valence-corrected chi connectivity index (χ3v) is 9.35. The van der Waals surface area contributed by atoms with Crippen molar-refractivity contribution in [2.75, 3.05) is 19.8 Å². The van der Waals surface area contributed by atoms with Gasteiger partial charge in [-0.05, 0) is 85.3 Å². The standard InChI is InChI=1S/C36H49NO7/c1-8-41-31(38)27-24-28(30(26-20-15-12-16-21-26)44-37-34(4,5)22-17-23-35(37,6)7)36(32(39)42-9-2,33(40)43-10-3)29(27)25-18-13-11-14-19-25/h11-16,18-21,27-30H,8-10,17,22-24H2,1-7H3/t27-,28+,29+,30+/m0/s1. The third kappa shape index (κ3) is 6.29. The maximum atomic E-state index is 14.5. The maximum Gasteiger partial charge on any atom is 0.324 e. The van der Waals surface area contributed by atoms with E-state index < -0.39 is 47.2 Å². The molecule has 8 heteroatoms. The number of hydrogen-bond acceptors (Lipinski definition) is 8. The number of benzene rings is 2. The zero-order chi connectivity index (χ0) is 32.1. The van der Waals surface area contributed by atoms with Crippen molar-refractivity contribution in [3.63, 3.8) is 0 Å². The summed E-state index contributed by atoms with van der Waals surface area (Å²) < 4.78 is 17.1. The van der Waals surface area contributed by atoms with Crippen LogP contribution in [0, 0.1) is 17.3 Å². The molecule has 1 saturated heterocycles. The summed E-state index contributed by atoms with van der Waals surface area (Å²) in [4.78, 5) is 50.0. The van der Waals surface area contributed by atoms with Gasteiger partial charge in [0.25, 0.3) is 0 Å². The molecule has 1 aliphatic heterocycles. The molecule has 240 valence electrons. The van der Waals surface area contributed by atoms with Crippen molar-refractivity contribution in [3.8, 4) is 0 Å². The molecular formula is C36H49NO7. The van der Waals surface area contributed by atoms with E-state index in [0.29, 0.717) is 5.56 Å². The summed E-state index contributed by atoms with van der Waals surface area (Å²) in [6.45, 7) is 14.1. The molecule has 1 heterocycles. The largest absolute Gasteiger partial charge is 0.466 e. The van der Waals surface area contributed by atoms with E-state index in [1.54, 1.807) is 20.8 Å². The molecule has 1 aliphatic carbocycles. The van der Waals surface area contributed by atoms with Crippen LogP contribution < -0.4 is 0 Å². The Kier molecular flexibility index (Phi) is 10.6. The first-order chi connectivity index (χ1) is 20.9. The summed E-state index contributed by atoms with van der Waals surface area (Å²) >= 11 is 0. The minimum atomic E-state index is -1.89. The fourth-order valence-electron chi connectivity index (χ4n) is 7.67. The smallest absolute Gasteiger partial charge is 0.324 e. The van der Waals surface area contributed by atoms with E-state index in [1.165, 1.54) is 0 Å². The van der Waals surface area contributed by atoms with Gasteiger partial charge in [0.2, 0.25) is 0 Å². The van der Waals surface area contributed by atoms with Crippen molar-refractivity contribution in [3.05, 3.63) is 71.8 Å². The molecule has 4 rings (SSSR count). The van der Waals surface area contributed by atoms with E-state index in [-0.39, 0.29) is 37.3 Å². The highest BCUT2D eigenvalue weighted by Crippen LogP contribution is 2.62. The van der Waals surface area contributed by atoms with E-state index >= 15 is 0 Å². The summed E-state index contributed by atoms with van der Waals surface area (Å²) in [7, 11) is 0. The lowest BCUT2D eigenvalue weighted by Gasteiger charge is -2.53. The molecule has 0 N–H and O–H groups in total. The summed E-state index contributed by atoms with van der Waals surface area (Å²) in [6.07, 6.45) is 2.26. The Labute approximate surface area is 262 Å². The number of carbonyl (C=O) groups is 3. The summed E-state index contributed by atoms with van der Waals surface area (Å²) in [5, 5.41) is 2.05. The van der Waals surface area contributed by atoms with Crippen LogP contribution in [0.25, 0.3) is 0 Å². The second kappa shape index (κ2) is 13.8. The van der Waals surface area contributed by atoms with Crippen LogP contribution in [-0.4, -0.2) is 53.9 Å². The van der Waals surface area contributed by atoms with Crippen LogP contribution in [0.4, 0.5) is 0 Å². The Morgan fingerprint density at radius 3 is 1.77 bits per heavy atom. The molecule has 0 aromatic heterocycles. The number of esters is 3. The third-order valence-electron chi connectivity index (χ3n) is 9.35. The zero-order valence-corrected chi connectivity index (χ0v) is 27.3. The first-order valence-corrected chi connectivity index (χ1v) is 16.0. The number of hydroxylamine groups is 2. The lowest BCUT2D eigenvalue weighted by atomic mass is 9.65. The molecule has 2 fully saturated rings. The lowest BCUT2D eigenvalue weighted by molar-refractivity contribution is -0.319. The van der Waals surface area contributed by atoms with Crippen molar-refractivity contribution >= 4 is 17.9 Å². The quantitative estimate of drug-likeness (QED) is 0.157. The second-order valence-electron chi connectivity index (χ2n) is 13.1. The first kappa shape index (κ1) is 33.7. The van der Waals surface area contributed by atoms with E-state index in [9.17, 15) is 14.4 Å². The number of hydrogen-bond donors (Lipinski definition) is 0. The number of carbonyl (C=O) groups excluding carboxylic acids is 3. The van der Waals surface area contributed by atoms with Gasteiger partial charge in [-0.3, -0.25) is 19.2 Å². The highest BCUT2D eigenvalue weighted by Gasteiger charge is 2.70. The van der Waals surface area contributed by atoms with Gasteiger partial charge in [-0.25, -0.2) is 0 Å². The van der Waals surface area contributed by atoms with Gasteiger partial charge in [0.15, 0.2) is 5.41 Å². The predicted octanol–water partition coefficient (Wildman–Crippen LogP) is 6.80. The fourth-order valence-corrected chi connectivity index (χ4v) is 7.67. The molecule has 44 heavy (non-hydrogen) atoms. The molecule has 0 unspecified atom stereocenters. The van der Waals surface area contributed by atoms with Crippen molar-refractivity contribution in [1.82, 2.24) is 5.06 Å². The lowest BCUT2D eigenvalue weighted by Crippen LogP contribution is -2.59. The predicted molar refractivity (Wildman–Crippen MR) is 167 cm³/mol. The molecule has 0 spiro atoms. The molecule has 0 amide bonds. The number of rotatable bonds is 11. The van der Waals surface area contributed by atoms with Crippen LogP contribution >= 0.6 is 0 Å². The molecular weight excluding hydrogens is 558 g/mol. The van der Waals surface area contributed by atoms with Gasteiger partial charge in [0.05, 0.1) is 25.7 Å². The van der Waals surface area contributed by atoms with Gasteiger partial charge in [0.1, 0.15) is 6.10 Å². The zero-order valence-electron chi connectivity index (χ0n) is 27.3. The van der Waals surface area contributed by atoms with Gasteiger partial charge < -0.3 is 14.2 Å². The van der Waals surface area contributed by atoms with Gasteiger partial charge in [-0.15, -0.1) is 0 Å². The van der Waals surface area contributed by atoms with E-state index in [1.807, 2.05) is 60.7 Å². The van der Waals surface area contributed by atoms with Crippen molar-refractivity contribution in [2.45, 2.75) is 97.2 Å². The minimum Gasteiger partial charge on any atom is -0.466 e. The number of ether oxygens (including phenoxy) is 3. The molecule has 8 nitrogen and oxygen atoms in total. The number of nitrogens with zero attached hydrogens (tertiary/aromatic N) is 1. The number of piperidine rings is 1. The average Bonchev–Trinajstić information content (AvgIpc) is 3.35. The van der Waals surface area contributed by atoms with E-state index in [4.69, 9.17) is 19.0 Å². The van der Waals surface area contributed by atoms with Crippen LogP contribution in [0.15, 0.2) is 60.7 Å². The molecule has 1 saturated carbocycles. The molecule has 2 aromatic rings. The van der Waals surface area contributed by atoms with Crippen LogP contribution in [0.3, 0.4) is 0 Å². The maximum absolute atomic E-state index is 14.5. The molecule has 4 atom stereocenters. The Balaban J connectivity index is 2.03. The normalized spacial score (nSPS) is 24.7. The average molecular weight is 608 g/mol. The van der Waals surface area contributed by atoms with Crippen LogP contribution in [0.2, 0.25) is 0 Å². The van der Waals surface area contributed by atoms with Crippen molar-refractivity contribution < 1.29 is 33.4 Å². The summed E-state index contributed by atoms with van der Waals surface area (Å²) in [5.41, 5.74) is -1.09. The van der Waals surface area contributed by atoms with Crippen LogP contribution in [-0.2, 0) is 33.4 Å². The SMILES string of the molecule is CCOC(=O)[C@H]1C[C@H]([C@H](ON2C(C)(C)CCCC2(C)C)c2ccccc2)C(C(=O)OCC)(C(=O)OCC)[C@@H]1c1ccccc1. The Hall–Kier alpha value is -3.23. The molecule has 0 bridgehead atoms. The Bertz CT molecular complexity index is 1240. The van der Waals surface area contributed by atoms with E-state index in [0.717, 1.165) is 24.8 Å². The van der Waals surface area contributed by atoms with Gasteiger partial charge in [-0.2, -0.15) is 5.06 Å². The molecule has 0 radical (unpaired) electrons. The summed E-state index contributed by atoms with van der Waals surface area (Å²) in [6, 6.07) is 18.9. The Morgan fingerprint density at radius 2 is 1.27 bits per heavy atom. The Morgan fingerprint density at radius 1 is 0.773 bits per heavy atom. The van der Waals surface area contributed by atoms with Gasteiger partial charge >= 0.3 is 17.9 Å². The minimum absolute atomic E-state index is 0.0569. The molecule has 2 aromatic carbocycles. The highest BCUT2D eigenvalue weighted by molar-refractivity contribution is 6.03. The first-order valence-electron chi connectivity index (χ1n) is 16.0. The topological polar surface area (TPSA) is 91.4 Å². The fraction of sp³-hybridized carbons (Fsp3) is 0.583. The van der Waals surface area contributed by atoms with Crippen LogP contribution in [0.1, 0.15) is 97.3 Å². The molecule has 2 aliphatic rings. The van der Waals surface area contributed by atoms with Gasteiger partial charge in [-0.1, -0.05) is 60.7 Å². The van der Waals surface area contributed by atoms with E-state index in [2.05, 4.69) is 32.8 Å². The van der Waals surface area contributed by atoms with Crippen molar-refractivity contribution in [1.29, 1.82) is 0 Å². The van der Waals surface area contributed by atoms with Crippen molar-refractivity contribution in [2.24, 2.45) is 17.3 Å². The highest BCUT2D eigenvalue weighted by atomic mass is 16.7.